The molecule has 1 aromatic heterocycles. The fourth-order valence-electron chi connectivity index (χ4n) is 2.63. The molecular formula is C14H17F3N4. The van der Waals surface area contributed by atoms with Crippen molar-refractivity contribution in [2.45, 2.75) is 25.2 Å². The number of piperazine rings is 1. The molecule has 1 saturated heterocycles. The van der Waals surface area contributed by atoms with Gasteiger partial charge in [0.05, 0.1) is 11.2 Å². The minimum absolute atomic E-state index is 0.0537. The van der Waals surface area contributed by atoms with Crippen molar-refractivity contribution >= 4 is 10.9 Å². The molecule has 0 bridgehead atoms. The number of halogens is 3. The summed E-state index contributed by atoms with van der Waals surface area (Å²) in [6, 6.07) is 7.33. The quantitative estimate of drug-likeness (QED) is 0.905. The van der Waals surface area contributed by atoms with E-state index in [1.807, 2.05) is 12.1 Å². The van der Waals surface area contributed by atoms with Crippen LogP contribution in [-0.2, 0) is 6.42 Å². The molecule has 1 aliphatic rings. The molecule has 0 spiro atoms. The van der Waals surface area contributed by atoms with Crippen molar-refractivity contribution in [3.8, 4) is 0 Å². The summed E-state index contributed by atoms with van der Waals surface area (Å²) >= 11 is 0. The number of hydrogen-bond donors (Lipinski definition) is 2. The van der Waals surface area contributed by atoms with Crippen LogP contribution in [0.4, 0.5) is 13.2 Å². The van der Waals surface area contributed by atoms with Gasteiger partial charge in [-0.3, -0.25) is 5.32 Å². The largest absolute Gasteiger partial charge is 0.312 e. The van der Waals surface area contributed by atoms with Crippen molar-refractivity contribution in [2.75, 3.05) is 19.6 Å². The van der Waals surface area contributed by atoms with Crippen molar-refractivity contribution in [3.05, 3.63) is 30.0 Å². The van der Waals surface area contributed by atoms with Crippen molar-refractivity contribution in [1.82, 2.24) is 20.4 Å². The van der Waals surface area contributed by atoms with E-state index in [1.54, 1.807) is 16.8 Å². The van der Waals surface area contributed by atoms with Crippen LogP contribution in [0.15, 0.2) is 24.3 Å². The summed E-state index contributed by atoms with van der Waals surface area (Å²) in [5.74, 6) is 0. The Hall–Kier alpha value is -1.60. The van der Waals surface area contributed by atoms with E-state index in [1.165, 1.54) is 0 Å². The van der Waals surface area contributed by atoms with Gasteiger partial charge >= 0.3 is 0 Å². The molecule has 0 saturated carbocycles. The molecular weight excluding hydrogens is 281 g/mol. The number of benzene rings is 1. The second kappa shape index (κ2) is 6.03. The number of rotatable bonds is 4. The Labute approximate surface area is 120 Å². The Morgan fingerprint density at radius 2 is 2.05 bits per heavy atom. The second-order valence-corrected chi connectivity index (χ2v) is 5.14. The normalized spacial score (nSPS) is 21.0. The molecule has 0 aliphatic carbocycles. The van der Waals surface area contributed by atoms with Gasteiger partial charge < -0.3 is 5.32 Å². The summed E-state index contributed by atoms with van der Waals surface area (Å²) in [4.78, 5) is 0. The van der Waals surface area contributed by atoms with Gasteiger partial charge in [-0.05, 0) is 6.07 Å². The maximum atomic E-state index is 13.4. The predicted octanol–water partition coefficient (Wildman–Crippen LogP) is 1.87. The summed E-state index contributed by atoms with van der Waals surface area (Å²) < 4.78 is 40.0. The Morgan fingerprint density at radius 1 is 1.24 bits per heavy atom. The maximum Gasteiger partial charge on any atom is 0.269 e. The van der Waals surface area contributed by atoms with E-state index < -0.39 is 12.6 Å². The number of para-hydroxylation sites is 1. The van der Waals surface area contributed by atoms with E-state index in [0.717, 1.165) is 24.0 Å². The van der Waals surface area contributed by atoms with Crippen molar-refractivity contribution in [3.63, 3.8) is 0 Å². The Bertz CT molecular complexity index is 607. The molecule has 2 aromatic rings. The zero-order valence-electron chi connectivity index (χ0n) is 11.4. The highest BCUT2D eigenvalue weighted by Gasteiger charge is 2.25. The second-order valence-electron chi connectivity index (χ2n) is 5.14. The minimum Gasteiger partial charge on any atom is -0.312 e. The molecule has 4 nitrogen and oxygen atoms in total. The van der Waals surface area contributed by atoms with E-state index in [9.17, 15) is 13.2 Å². The van der Waals surface area contributed by atoms with Gasteiger partial charge in [0.15, 0.2) is 6.17 Å². The number of fused-ring (bicyclic) bond motifs is 1. The molecule has 21 heavy (non-hydrogen) atoms. The van der Waals surface area contributed by atoms with Gasteiger partial charge in [0.25, 0.3) is 6.43 Å². The van der Waals surface area contributed by atoms with Crippen LogP contribution >= 0.6 is 0 Å². The Balaban J connectivity index is 1.97. The summed E-state index contributed by atoms with van der Waals surface area (Å²) in [5, 5.41) is 11.7. The summed E-state index contributed by atoms with van der Waals surface area (Å²) in [6.45, 7) is 2.37. The van der Waals surface area contributed by atoms with E-state index in [4.69, 9.17) is 0 Å². The lowest BCUT2D eigenvalue weighted by atomic mass is 10.1. The zero-order chi connectivity index (χ0) is 14.8. The first kappa shape index (κ1) is 14.3. The molecule has 114 valence electrons. The van der Waals surface area contributed by atoms with Gasteiger partial charge in [-0.25, -0.2) is 17.9 Å². The lowest BCUT2D eigenvalue weighted by Gasteiger charge is -2.25. The van der Waals surface area contributed by atoms with Crippen molar-refractivity contribution in [1.29, 1.82) is 0 Å². The van der Waals surface area contributed by atoms with E-state index in [2.05, 4.69) is 15.7 Å². The molecule has 7 heteroatoms. The molecule has 2 atom stereocenters. The van der Waals surface area contributed by atoms with Crippen LogP contribution in [0.2, 0.25) is 0 Å². The van der Waals surface area contributed by atoms with Gasteiger partial charge in [0.1, 0.15) is 6.17 Å². The lowest BCUT2D eigenvalue weighted by molar-refractivity contribution is 0.0498. The van der Waals surface area contributed by atoms with Gasteiger partial charge in [0, 0.05) is 31.4 Å². The number of nitrogens with zero attached hydrogens (tertiary/aromatic N) is 2. The van der Waals surface area contributed by atoms with Crippen LogP contribution in [0, 0.1) is 0 Å². The molecule has 1 fully saturated rings. The third-order valence-electron chi connectivity index (χ3n) is 3.67. The minimum atomic E-state index is -2.98. The van der Waals surface area contributed by atoms with Crippen LogP contribution in [-0.4, -0.2) is 42.0 Å². The monoisotopic (exact) mass is 298 g/mol. The number of nitrogens with one attached hydrogen (secondary N) is 2. The average Bonchev–Trinajstić information content (AvgIpc) is 2.87. The number of alkyl halides is 3. The molecule has 1 aromatic carbocycles. The van der Waals surface area contributed by atoms with E-state index in [0.29, 0.717) is 12.2 Å². The Kier molecular flexibility index (Phi) is 4.12. The van der Waals surface area contributed by atoms with Crippen LogP contribution in [0.5, 0.6) is 0 Å². The Morgan fingerprint density at radius 3 is 2.76 bits per heavy atom. The van der Waals surface area contributed by atoms with Gasteiger partial charge in [-0.2, -0.15) is 5.10 Å². The molecule has 2 heterocycles. The molecule has 3 rings (SSSR count). The average molecular weight is 298 g/mol. The molecule has 1 aliphatic heterocycles. The molecule has 0 radical (unpaired) electrons. The third-order valence-corrected chi connectivity index (χ3v) is 3.67. The first-order valence-corrected chi connectivity index (χ1v) is 6.99. The van der Waals surface area contributed by atoms with Crippen LogP contribution in [0.1, 0.15) is 11.9 Å². The highest BCUT2D eigenvalue weighted by molar-refractivity contribution is 5.82. The highest BCUT2D eigenvalue weighted by Crippen LogP contribution is 2.24. The van der Waals surface area contributed by atoms with E-state index in [-0.39, 0.29) is 12.6 Å². The van der Waals surface area contributed by atoms with Gasteiger partial charge in [-0.1, -0.05) is 18.2 Å². The predicted molar refractivity (Wildman–Crippen MR) is 74.2 cm³/mol. The summed E-state index contributed by atoms with van der Waals surface area (Å²) in [6.07, 6.45) is -5.59. The molecule has 2 N–H and O–H groups in total. The summed E-state index contributed by atoms with van der Waals surface area (Å²) in [5.41, 5.74) is 1.21. The van der Waals surface area contributed by atoms with Gasteiger partial charge in [-0.15, -0.1) is 0 Å². The SMILES string of the molecule is FC(F)C(F)Cc1nn(C2CNCCN2)c2ccccc12. The fourth-order valence-corrected chi connectivity index (χ4v) is 2.63. The smallest absolute Gasteiger partial charge is 0.269 e. The fraction of sp³-hybridized carbons (Fsp3) is 0.500. The first-order chi connectivity index (χ1) is 10.2. The lowest BCUT2D eigenvalue weighted by Crippen LogP contribution is -2.45. The zero-order valence-corrected chi connectivity index (χ0v) is 11.4. The standard InChI is InChI=1S/C14H17F3N4/c15-10(14(16)17)7-11-9-3-1-2-4-12(9)21(20-11)13-8-18-5-6-19-13/h1-4,10,13-14,18-19H,5-8H2. The number of aromatic nitrogens is 2. The van der Waals surface area contributed by atoms with Crippen molar-refractivity contribution < 1.29 is 13.2 Å². The summed E-state index contributed by atoms with van der Waals surface area (Å²) in [7, 11) is 0. The topological polar surface area (TPSA) is 41.9 Å². The number of hydrogen-bond acceptors (Lipinski definition) is 3. The molecule has 2 unspecified atom stereocenters. The van der Waals surface area contributed by atoms with Crippen molar-refractivity contribution in [2.24, 2.45) is 0 Å². The van der Waals surface area contributed by atoms with E-state index >= 15 is 0 Å². The van der Waals surface area contributed by atoms with Crippen LogP contribution in [0.3, 0.4) is 0 Å². The third kappa shape index (κ3) is 2.89. The molecule has 0 amide bonds. The van der Waals surface area contributed by atoms with Crippen LogP contribution in [0.25, 0.3) is 10.9 Å². The van der Waals surface area contributed by atoms with Crippen LogP contribution < -0.4 is 10.6 Å². The highest BCUT2D eigenvalue weighted by atomic mass is 19.3. The first-order valence-electron chi connectivity index (χ1n) is 6.99. The van der Waals surface area contributed by atoms with Gasteiger partial charge in [0.2, 0.25) is 0 Å². The maximum absolute atomic E-state index is 13.4.